The Balaban J connectivity index is 1.78. The standard InChI is InChI=1S/C12H19NO3/c1-9-6-10(4-5-15-9)13-7-11-2-3-12(8-14)16-11/h2-3,9-10,13-14H,4-8H2,1H3. The monoisotopic (exact) mass is 225 g/mol. The molecular formula is C12H19NO3. The minimum atomic E-state index is -0.0334. The van der Waals surface area contributed by atoms with Crippen LogP contribution in [-0.2, 0) is 17.9 Å². The van der Waals surface area contributed by atoms with Gasteiger partial charge < -0.3 is 19.6 Å². The highest BCUT2D eigenvalue weighted by atomic mass is 16.5. The van der Waals surface area contributed by atoms with Crippen molar-refractivity contribution in [2.45, 2.75) is 45.1 Å². The zero-order chi connectivity index (χ0) is 11.4. The van der Waals surface area contributed by atoms with E-state index in [1.165, 1.54) is 0 Å². The maximum absolute atomic E-state index is 8.87. The van der Waals surface area contributed by atoms with Crippen LogP contribution in [0.1, 0.15) is 31.3 Å². The van der Waals surface area contributed by atoms with Gasteiger partial charge in [0.1, 0.15) is 18.1 Å². The second-order valence-corrected chi connectivity index (χ2v) is 4.31. The Bertz CT molecular complexity index is 324. The topological polar surface area (TPSA) is 54.6 Å². The van der Waals surface area contributed by atoms with E-state index in [2.05, 4.69) is 12.2 Å². The Labute approximate surface area is 95.6 Å². The summed E-state index contributed by atoms with van der Waals surface area (Å²) in [7, 11) is 0. The van der Waals surface area contributed by atoms with Crippen LogP contribution in [0, 0.1) is 0 Å². The molecule has 0 saturated carbocycles. The molecule has 4 nitrogen and oxygen atoms in total. The average Bonchev–Trinajstić information content (AvgIpc) is 2.74. The van der Waals surface area contributed by atoms with Crippen LogP contribution >= 0.6 is 0 Å². The number of hydrogen-bond acceptors (Lipinski definition) is 4. The van der Waals surface area contributed by atoms with E-state index in [1.54, 1.807) is 0 Å². The van der Waals surface area contributed by atoms with Crippen LogP contribution in [0.5, 0.6) is 0 Å². The molecule has 90 valence electrons. The van der Waals surface area contributed by atoms with Crippen molar-refractivity contribution in [3.05, 3.63) is 23.7 Å². The lowest BCUT2D eigenvalue weighted by Gasteiger charge is -2.27. The molecule has 0 radical (unpaired) electrons. The number of aliphatic hydroxyl groups excluding tert-OH is 1. The number of hydrogen-bond donors (Lipinski definition) is 2. The second-order valence-electron chi connectivity index (χ2n) is 4.31. The molecule has 0 amide bonds. The lowest BCUT2D eigenvalue weighted by atomic mass is 10.0. The van der Waals surface area contributed by atoms with Gasteiger partial charge in [-0.25, -0.2) is 0 Å². The number of furan rings is 1. The summed E-state index contributed by atoms with van der Waals surface area (Å²) in [6.07, 6.45) is 2.45. The Morgan fingerprint density at radius 2 is 2.25 bits per heavy atom. The Morgan fingerprint density at radius 1 is 1.44 bits per heavy atom. The van der Waals surface area contributed by atoms with E-state index in [1.807, 2.05) is 12.1 Å². The van der Waals surface area contributed by atoms with Crippen molar-refractivity contribution in [1.82, 2.24) is 5.32 Å². The van der Waals surface area contributed by atoms with Gasteiger partial charge in [0.2, 0.25) is 0 Å². The van der Waals surface area contributed by atoms with E-state index in [0.29, 0.717) is 17.9 Å². The van der Waals surface area contributed by atoms with Crippen molar-refractivity contribution in [2.24, 2.45) is 0 Å². The van der Waals surface area contributed by atoms with Crippen LogP contribution in [0.15, 0.2) is 16.5 Å². The summed E-state index contributed by atoms with van der Waals surface area (Å²) in [4.78, 5) is 0. The van der Waals surface area contributed by atoms with Crippen molar-refractivity contribution in [3.8, 4) is 0 Å². The number of nitrogens with one attached hydrogen (secondary N) is 1. The summed E-state index contributed by atoms with van der Waals surface area (Å²) < 4.78 is 10.9. The van der Waals surface area contributed by atoms with Crippen molar-refractivity contribution in [2.75, 3.05) is 6.61 Å². The molecule has 16 heavy (non-hydrogen) atoms. The minimum Gasteiger partial charge on any atom is -0.462 e. The molecule has 1 fully saturated rings. The number of aliphatic hydroxyl groups is 1. The quantitative estimate of drug-likeness (QED) is 0.814. The molecule has 0 aromatic carbocycles. The third kappa shape index (κ3) is 3.07. The number of ether oxygens (including phenoxy) is 1. The fraction of sp³-hybridized carbons (Fsp3) is 0.667. The van der Waals surface area contributed by atoms with E-state index in [9.17, 15) is 0 Å². The van der Waals surface area contributed by atoms with Crippen LogP contribution in [0.25, 0.3) is 0 Å². The minimum absolute atomic E-state index is 0.0334. The third-order valence-electron chi connectivity index (χ3n) is 2.92. The molecule has 0 aliphatic carbocycles. The molecule has 1 aliphatic heterocycles. The van der Waals surface area contributed by atoms with Crippen LogP contribution in [0.3, 0.4) is 0 Å². The number of rotatable bonds is 4. The van der Waals surface area contributed by atoms with E-state index in [4.69, 9.17) is 14.3 Å². The van der Waals surface area contributed by atoms with Gasteiger partial charge >= 0.3 is 0 Å². The average molecular weight is 225 g/mol. The van der Waals surface area contributed by atoms with Crippen molar-refractivity contribution in [3.63, 3.8) is 0 Å². The Hall–Kier alpha value is -0.840. The zero-order valence-electron chi connectivity index (χ0n) is 9.61. The largest absolute Gasteiger partial charge is 0.462 e. The highest BCUT2D eigenvalue weighted by Crippen LogP contribution is 2.14. The molecule has 4 heteroatoms. The highest BCUT2D eigenvalue weighted by molar-refractivity contribution is 5.06. The summed E-state index contributed by atoms with van der Waals surface area (Å²) in [5, 5.41) is 12.3. The fourth-order valence-corrected chi connectivity index (χ4v) is 2.03. The maximum Gasteiger partial charge on any atom is 0.129 e. The molecule has 2 heterocycles. The van der Waals surface area contributed by atoms with E-state index in [0.717, 1.165) is 31.8 Å². The van der Waals surface area contributed by atoms with Crippen LogP contribution in [-0.4, -0.2) is 23.9 Å². The molecular weight excluding hydrogens is 206 g/mol. The molecule has 2 N–H and O–H groups in total. The predicted molar refractivity (Wildman–Crippen MR) is 59.9 cm³/mol. The lowest BCUT2D eigenvalue weighted by Crippen LogP contribution is -2.37. The van der Waals surface area contributed by atoms with Gasteiger partial charge in [0.05, 0.1) is 12.6 Å². The van der Waals surface area contributed by atoms with Gasteiger partial charge in [-0.2, -0.15) is 0 Å². The first-order valence-electron chi connectivity index (χ1n) is 5.81. The highest BCUT2D eigenvalue weighted by Gasteiger charge is 2.18. The zero-order valence-corrected chi connectivity index (χ0v) is 9.61. The predicted octanol–water partition coefficient (Wildman–Crippen LogP) is 1.43. The van der Waals surface area contributed by atoms with Gasteiger partial charge in [-0.15, -0.1) is 0 Å². The normalized spacial score (nSPS) is 25.9. The van der Waals surface area contributed by atoms with E-state index < -0.39 is 0 Å². The van der Waals surface area contributed by atoms with Crippen molar-refractivity contribution < 1.29 is 14.3 Å². The summed E-state index contributed by atoms with van der Waals surface area (Å²) in [5.41, 5.74) is 0. The molecule has 2 unspecified atom stereocenters. The SMILES string of the molecule is CC1CC(NCc2ccc(CO)o2)CCO1. The maximum atomic E-state index is 8.87. The summed E-state index contributed by atoms with van der Waals surface area (Å²) in [6.45, 7) is 3.62. The van der Waals surface area contributed by atoms with Crippen LogP contribution in [0.4, 0.5) is 0 Å². The van der Waals surface area contributed by atoms with E-state index in [-0.39, 0.29) is 6.61 Å². The Morgan fingerprint density at radius 3 is 2.94 bits per heavy atom. The second kappa shape index (κ2) is 5.48. The molecule has 2 atom stereocenters. The lowest BCUT2D eigenvalue weighted by molar-refractivity contribution is 0.0127. The van der Waals surface area contributed by atoms with Crippen LogP contribution < -0.4 is 5.32 Å². The molecule has 0 spiro atoms. The van der Waals surface area contributed by atoms with Crippen molar-refractivity contribution in [1.29, 1.82) is 0 Å². The first-order chi connectivity index (χ1) is 7.78. The van der Waals surface area contributed by atoms with E-state index >= 15 is 0 Å². The molecule has 1 aromatic rings. The molecule has 1 saturated heterocycles. The molecule has 0 bridgehead atoms. The first kappa shape index (κ1) is 11.6. The van der Waals surface area contributed by atoms with Crippen molar-refractivity contribution >= 4 is 0 Å². The molecule has 1 aromatic heterocycles. The van der Waals surface area contributed by atoms with Gasteiger partial charge in [0.25, 0.3) is 0 Å². The van der Waals surface area contributed by atoms with Gasteiger partial charge in [-0.05, 0) is 31.9 Å². The van der Waals surface area contributed by atoms with Gasteiger partial charge in [-0.3, -0.25) is 0 Å². The fourth-order valence-electron chi connectivity index (χ4n) is 2.03. The van der Waals surface area contributed by atoms with Gasteiger partial charge in [0.15, 0.2) is 0 Å². The summed E-state index contributed by atoms with van der Waals surface area (Å²) >= 11 is 0. The van der Waals surface area contributed by atoms with Gasteiger partial charge in [0, 0.05) is 12.6 Å². The van der Waals surface area contributed by atoms with Crippen LogP contribution in [0.2, 0.25) is 0 Å². The third-order valence-corrected chi connectivity index (χ3v) is 2.92. The molecule has 1 aliphatic rings. The smallest absolute Gasteiger partial charge is 0.129 e. The molecule has 2 rings (SSSR count). The Kier molecular flexibility index (Phi) is 3.98. The first-order valence-corrected chi connectivity index (χ1v) is 5.81. The summed E-state index contributed by atoms with van der Waals surface area (Å²) in [5.74, 6) is 1.50. The summed E-state index contributed by atoms with van der Waals surface area (Å²) in [6, 6.07) is 4.22. The van der Waals surface area contributed by atoms with Gasteiger partial charge in [-0.1, -0.05) is 0 Å².